The number of hydrogen-bond donors (Lipinski definition) is 1. The highest BCUT2D eigenvalue weighted by atomic mass is 35.5. The molecule has 0 radical (unpaired) electrons. The number of alkyl halides is 3. The van der Waals surface area contributed by atoms with E-state index in [9.17, 15) is 13.2 Å². The van der Waals surface area contributed by atoms with E-state index in [-0.39, 0.29) is 22.6 Å². The minimum Gasteiger partial charge on any atom is -0.328 e. The van der Waals surface area contributed by atoms with Crippen molar-refractivity contribution in [3.05, 3.63) is 28.7 Å². The Kier molecular flexibility index (Phi) is 3.57. The minimum absolute atomic E-state index is 0.0453. The molecule has 1 aliphatic carbocycles. The van der Waals surface area contributed by atoms with Gasteiger partial charge in [0, 0.05) is 18.2 Å². The van der Waals surface area contributed by atoms with E-state index in [2.05, 4.69) is 10.2 Å². The van der Waals surface area contributed by atoms with Gasteiger partial charge in [0.2, 0.25) is 0 Å². The molecule has 1 saturated carbocycles. The monoisotopic (exact) mass is 318 g/mol. The summed E-state index contributed by atoms with van der Waals surface area (Å²) in [4.78, 5) is 0. The van der Waals surface area contributed by atoms with E-state index in [4.69, 9.17) is 17.3 Å². The summed E-state index contributed by atoms with van der Waals surface area (Å²) in [7, 11) is 0. The fourth-order valence-corrected chi connectivity index (χ4v) is 3.03. The van der Waals surface area contributed by atoms with Crippen molar-refractivity contribution in [3.63, 3.8) is 0 Å². The second kappa shape index (κ2) is 5.14. The molecule has 0 atom stereocenters. The SMILES string of the molecule is NC1CCC(c2nnc3c(Cl)cc(C(F)(F)F)cn23)CC1. The molecule has 0 spiro atoms. The highest BCUT2D eigenvalue weighted by Crippen LogP contribution is 2.35. The van der Waals surface area contributed by atoms with E-state index in [1.54, 1.807) is 0 Å². The van der Waals surface area contributed by atoms with Crippen molar-refractivity contribution in [3.8, 4) is 0 Å². The quantitative estimate of drug-likeness (QED) is 0.877. The van der Waals surface area contributed by atoms with Gasteiger partial charge >= 0.3 is 6.18 Å². The predicted molar refractivity (Wildman–Crippen MR) is 72.2 cm³/mol. The van der Waals surface area contributed by atoms with Gasteiger partial charge in [0.25, 0.3) is 0 Å². The number of aromatic nitrogens is 3. The smallest absolute Gasteiger partial charge is 0.328 e. The summed E-state index contributed by atoms with van der Waals surface area (Å²) in [6.07, 6.45) is -0.149. The molecule has 0 saturated heterocycles. The molecule has 2 N–H and O–H groups in total. The third-order valence-corrected chi connectivity index (χ3v) is 4.23. The molecule has 0 amide bonds. The van der Waals surface area contributed by atoms with E-state index in [0.29, 0.717) is 5.82 Å². The molecule has 3 rings (SSSR count). The van der Waals surface area contributed by atoms with Crippen LogP contribution < -0.4 is 5.73 Å². The third kappa shape index (κ3) is 2.72. The van der Waals surface area contributed by atoms with Gasteiger partial charge < -0.3 is 5.73 Å². The molecule has 2 aromatic rings. The van der Waals surface area contributed by atoms with Gasteiger partial charge in [-0.1, -0.05) is 11.6 Å². The van der Waals surface area contributed by atoms with Crippen LogP contribution >= 0.6 is 11.6 Å². The van der Waals surface area contributed by atoms with Crippen molar-refractivity contribution in [2.24, 2.45) is 5.73 Å². The lowest BCUT2D eigenvalue weighted by atomic mass is 9.86. The summed E-state index contributed by atoms with van der Waals surface area (Å²) in [6.45, 7) is 0. The Labute approximate surface area is 124 Å². The van der Waals surface area contributed by atoms with E-state index in [1.165, 1.54) is 4.40 Å². The molecule has 2 heterocycles. The Morgan fingerprint density at radius 3 is 2.48 bits per heavy atom. The Morgan fingerprint density at radius 2 is 1.86 bits per heavy atom. The topological polar surface area (TPSA) is 56.2 Å². The maximum absolute atomic E-state index is 12.9. The molecule has 0 aliphatic heterocycles. The summed E-state index contributed by atoms with van der Waals surface area (Å²) in [5, 5.41) is 7.92. The van der Waals surface area contributed by atoms with Crippen molar-refractivity contribution in [1.82, 2.24) is 14.6 Å². The fraction of sp³-hybridized carbons (Fsp3) is 0.538. The van der Waals surface area contributed by atoms with Crippen LogP contribution in [0.1, 0.15) is 43.0 Å². The number of halogens is 4. The van der Waals surface area contributed by atoms with Gasteiger partial charge in [0.1, 0.15) is 5.82 Å². The molecule has 8 heteroatoms. The lowest BCUT2D eigenvalue weighted by molar-refractivity contribution is -0.137. The van der Waals surface area contributed by atoms with Crippen LogP contribution in [0.15, 0.2) is 12.3 Å². The van der Waals surface area contributed by atoms with Crippen LogP contribution in [0.5, 0.6) is 0 Å². The highest BCUT2D eigenvalue weighted by molar-refractivity contribution is 6.33. The van der Waals surface area contributed by atoms with E-state index in [0.717, 1.165) is 37.9 Å². The normalized spacial score (nSPS) is 23.7. The third-order valence-electron chi connectivity index (χ3n) is 3.95. The second-order valence-corrected chi connectivity index (χ2v) is 5.85. The number of pyridine rings is 1. The van der Waals surface area contributed by atoms with Crippen LogP contribution in [0.2, 0.25) is 5.02 Å². The number of hydrogen-bond acceptors (Lipinski definition) is 3. The van der Waals surface area contributed by atoms with Crippen LogP contribution in [-0.4, -0.2) is 20.6 Å². The predicted octanol–water partition coefficient (Wildman–Crippen LogP) is 3.39. The lowest BCUT2D eigenvalue weighted by Gasteiger charge is -2.24. The lowest BCUT2D eigenvalue weighted by Crippen LogP contribution is -2.26. The zero-order valence-electron chi connectivity index (χ0n) is 11.1. The van der Waals surface area contributed by atoms with Gasteiger partial charge in [-0.15, -0.1) is 10.2 Å². The van der Waals surface area contributed by atoms with Crippen molar-refractivity contribution < 1.29 is 13.2 Å². The van der Waals surface area contributed by atoms with Crippen molar-refractivity contribution in [2.45, 2.75) is 43.8 Å². The van der Waals surface area contributed by atoms with E-state index < -0.39 is 11.7 Å². The molecule has 1 aliphatic rings. The van der Waals surface area contributed by atoms with Gasteiger partial charge in [0.15, 0.2) is 5.65 Å². The molecular weight excluding hydrogens is 305 g/mol. The van der Waals surface area contributed by atoms with Gasteiger partial charge in [-0.25, -0.2) is 0 Å². The first-order chi connectivity index (χ1) is 9.86. The number of nitrogens with two attached hydrogens (primary N) is 1. The average Bonchev–Trinajstić information content (AvgIpc) is 2.83. The molecular formula is C13H14ClF3N4. The molecule has 2 aromatic heterocycles. The molecule has 0 bridgehead atoms. The van der Waals surface area contributed by atoms with Crippen LogP contribution in [-0.2, 0) is 6.18 Å². The zero-order chi connectivity index (χ0) is 15.2. The fourth-order valence-electron chi connectivity index (χ4n) is 2.78. The Bertz CT molecular complexity index is 659. The summed E-state index contributed by atoms with van der Waals surface area (Å²) in [5.41, 5.74) is 5.32. The first-order valence-electron chi connectivity index (χ1n) is 6.73. The zero-order valence-corrected chi connectivity index (χ0v) is 11.8. The Morgan fingerprint density at radius 1 is 1.19 bits per heavy atom. The number of nitrogens with zero attached hydrogens (tertiary/aromatic N) is 3. The van der Waals surface area contributed by atoms with Crippen LogP contribution in [0, 0.1) is 0 Å². The largest absolute Gasteiger partial charge is 0.417 e. The first kappa shape index (κ1) is 14.6. The van der Waals surface area contributed by atoms with Crippen LogP contribution in [0.25, 0.3) is 5.65 Å². The summed E-state index contributed by atoms with van der Waals surface area (Å²) < 4.78 is 40.1. The number of rotatable bonds is 1. The maximum atomic E-state index is 12.9. The Hall–Kier alpha value is -1.34. The summed E-state index contributed by atoms with van der Waals surface area (Å²) in [5.74, 6) is 0.601. The minimum atomic E-state index is -4.45. The molecule has 0 aromatic carbocycles. The van der Waals surface area contributed by atoms with E-state index >= 15 is 0 Å². The number of fused-ring (bicyclic) bond motifs is 1. The molecule has 0 unspecified atom stereocenters. The summed E-state index contributed by atoms with van der Waals surface area (Å²) >= 11 is 5.90. The van der Waals surface area contributed by atoms with Gasteiger partial charge in [-0.05, 0) is 31.7 Å². The maximum Gasteiger partial charge on any atom is 0.417 e. The van der Waals surface area contributed by atoms with Crippen LogP contribution in [0.3, 0.4) is 0 Å². The van der Waals surface area contributed by atoms with Crippen LogP contribution in [0.4, 0.5) is 13.2 Å². The van der Waals surface area contributed by atoms with Crippen molar-refractivity contribution >= 4 is 17.2 Å². The van der Waals surface area contributed by atoms with Gasteiger partial charge in [0.05, 0.1) is 10.6 Å². The van der Waals surface area contributed by atoms with Gasteiger partial charge in [-0.2, -0.15) is 13.2 Å². The molecule has 114 valence electrons. The Balaban J connectivity index is 2.06. The van der Waals surface area contributed by atoms with Crippen molar-refractivity contribution in [2.75, 3.05) is 0 Å². The summed E-state index contributed by atoms with van der Waals surface area (Å²) in [6, 6.07) is 1.04. The van der Waals surface area contributed by atoms with Gasteiger partial charge in [-0.3, -0.25) is 4.40 Å². The second-order valence-electron chi connectivity index (χ2n) is 5.44. The highest BCUT2D eigenvalue weighted by Gasteiger charge is 2.33. The molecule has 4 nitrogen and oxygen atoms in total. The van der Waals surface area contributed by atoms with E-state index in [1.807, 2.05) is 0 Å². The average molecular weight is 319 g/mol. The standard InChI is InChI=1S/C13H14ClF3N4/c14-10-5-8(13(15,16)17)6-21-11(19-20-12(10)21)7-1-3-9(18)4-2-7/h5-7,9H,1-4,18H2. The first-order valence-corrected chi connectivity index (χ1v) is 7.11. The molecule has 21 heavy (non-hydrogen) atoms. The van der Waals surface area contributed by atoms with Crippen molar-refractivity contribution in [1.29, 1.82) is 0 Å². The molecule has 1 fully saturated rings.